The van der Waals surface area contributed by atoms with E-state index in [2.05, 4.69) is 5.32 Å². The summed E-state index contributed by atoms with van der Waals surface area (Å²) in [7, 11) is 0. The first kappa shape index (κ1) is 18.6. The molecule has 1 aromatic rings. The number of anilines is 1. The number of nitro benzene ring substituents is 1. The number of carbonyl (C=O) groups excluding carboxylic acids is 1. The van der Waals surface area contributed by atoms with Gasteiger partial charge in [-0.3, -0.25) is 14.9 Å². The Balaban J connectivity index is 1.78. The van der Waals surface area contributed by atoms with Crippen LogP contribution in [0.1, 0.15) is 36.0 Å². The molecule has 3 rings (SSSR count). The zero-order chi connectivity index (χ0) is 18.5. The molecule has 1 aromatic carbocycles. The molecule has 0 aromatic heterocycles. The molecule has 1 aliphatic heterocycles. The van der Waals surface area contributed by atoms with Crippen LogP contribution in [0.25, 0.3) is 0 Å². The quantitative estimate of drug-likeness (QED) is 0.592. The van der Waals surface area contributed by atoms with Crippen LogP contribution < -0.4 is 5.32 Å². The van der Waals surface area contributed by atoms with Crippen molar-refractivity contribution in [3.63, 3.8) is 0 Å². The van der Waals surface area contributed by atoms with E-state index < -0.39 is 4.92 Å². The number of aliphatic hydroxyl groups excluding tert-OH is 1. The van der Waals surface area contributed by atoms with Crippen molar-refractivity contribution in [2.75, 3.05) is 38.2 Å². The molecule has 1 aliphatic carbocycles. The normalized spacial score (nSPS) is 23.0. The smallest absolute Gasteiger partial charge is 0.293 e. The number of morpholine rings is 1. The Morgan fingerprint density at radius 2 is 2.12 bits per heavy atom. The van der Waals surface area contributed by atoms with Crippen molar-refractivity contribution in [1.29, 1.82) is 0 Å². The molecule has 8 heteroatoms. The second-order valence-corrected chi connectivity index (χ2v) is 6.85. The van der Waals surface area contributed by atoms with Crippen LogP contribution in [0.2, 0.25) is 0 Å². The molecule has 2 aliphatic rings. The van der Waals surface area contributed by atoms with E-state index in [9.17, 15) is 20.0 Å². The first-order valence-corrected chi connectivity index (χ1v) is 9.13. The van der Waals surface area contributed by atoms with Crippen LogP contribution >= 0.6 is 0 Å². The summed E-state index contributed by atoms with van der Waals surface area (Å²) >= 11 is 0. The van der Waals surface area contributed by atoms with Crippen molar-refractivity contribution in [3.05, 3.63) is 33.9 Å². The third-order valence-corrected chi connectivity index (χ3v) is 5.24. The molecule has 1 saturated carbocycles. The Morgan fingerprint density at radius 1 is 1.35 bits per heavy atom. The van der Waals surface area contributed by atoms with E-state index in [4.69, 9.17) is 4.74 Å². The van der Waals surface area contributed by atoms with Crippen LogP contribution in [0.4, 0.5) is 11.4 Å². The largest absolute Gasteiger partial charge is 0.396 e. The van der Waals surface area contributed by atoms with E-state index >= 15 is 0 Å². The summed E-state index contributed by atoms with van der Waals surface area (Å²) in [6, 6.07) is 4.74. The fourth-order valence-electron chi connectivity index (χ4n) is 3.82. The summed E-state index contributed by atoms with van der Waals surface area (Å²) in [6.07, 6.45) is 3.68. The Bertz CT molecular complexity index is 660. The molecule has 0 bridgehead atoms. The van der Waals surface area contributed by atoms with Crippen LogP contribution in [0.5, 0.6) is 0 Å². The van der Waals surface area contributed by atoms with Gasteiger partial charge < -0.3 is 20.1 Å². The van der Waals surface area contributed by atoms with Crippen LogP contribution in [0, 0.1) is 16.0 Å². The number of nitrogens with one attached hydrogen (secondary N) is 1. The van der Waals surface area contributed by atoms with Crippen LogP contribution in [0.3, 0.4) is 0 Å². The first-order valence-electron chi connectivity index (χ1n) is 9.13. The molecule has 8 nitrogen and oxygen atoms in total. The van der Waals surface area contributed by atoms with Gasteiger partial charge in [0.1, 0.15) is 5.69 Å². The van der Waals surface area contributed by atoms with Crippen LogP contribution in [-0.4, -0.2) is 59.8 Å². The van der Waals surface area contributed by atoms with E-state index in [1.54, 1.807) is 17.0 Å². The lowest BCUT2D eigenvalue weighted by molar-refractivity contribution is -0.384. The van der Waals surface area contributed by atoms with E-state index in [0.717, 1.165) is 19.3 Å². The maximum absolute atomic E-state index is 12.6. The second-order valence-electron chi connectivity index (χ2n) is 6.85. The lowest BCUT2D eigenvalue weighted by atomic mass is 9.99. The van der Waals surface area contributed by atoms with Crippen LogP contribution in [-0.2, 0) is 4.74 Å². The van der Waals surface area contributed by atoms with Gasteiger partial charge >= 0.3 is 0 Å². The first-order chi connectivity index (χ1) is 12.6. The van der Waals surface area contributed by atoms with Gasteiger partial charge in [-0.25, -0.2) is 0 Å². The van der Waals surface area contributed by atoms with Crippen molar-refractivity contribution < 1.29 is 19.6 Å². The van der Waals surface area contributed by atoms with Gasteiger partial charge in [-0.2, -0.15) is 0 Å². The maximum Gasteiger partial charge on any atom is 0.293 e. The van der Waals surface area contributed by atoms with Gasteiger partial charge in [0.2, 0.25) is 0 Å². The zero-order valence-electron chi connectivity index (χ0n) is 14.7. The lowest BCUT2D eigenvalue weighted by Gasteiger charge is -2.27. The SMILES string of the molecule is O=C(c1ccc(NC2CCCC2CCO)c([N+](=O)[O-])c1)N1CCOCC1. The molecule has 2 N–H and O–H groups in total. The highest BCUT2D eigenvalue weighted by molar-refractivity contribution is 5.95. The summed E-state index contributed by atoms with van der Waals surface area (Å²) < 4.78 is 5.24. The predicted octanol–water partition coefficient (Wildman–Crippen LogP) is 2.03. The third-order valence-electron chi connectivity index (χ3n) is 5.24. The average Bonchev–Trinajstić information content (AvgIpc) is 3.09. The fourth-order valence-corrected chi connectivity index (χ4v) is 3.82. The standard InChI is InChI=1S/C18H25N3O5/c22-9-6-13-2-1-3-15(13)19-16-5-4-14(12-17(16)21(24)25)18(23)20-7-10-26-11-8-20/h4-5,12-13,15,19,22H,1-3,6-11H2. The third kappa shape index (κ3) is 4.13. The van der Waals surface area contributed by atoms with Gasteiger partial charge in [0, 0.05) is 37.4 Å². The summed E-state index contributed by atoms with van der Waals surface area (Å²) in [5.41, 5.74) is 0.671. The van der Waals surface area contributed by atoms with E-state index in [1.807, 2.05) is 0 Å². The number of aliphatic hydroxyl groups is 1. The number of hydrogen-bond acceptors (Lipinski definition) is 6. The lowest BCUT2D eigenvalue weighted by Crippen LogP contribution is -2.40. The van der Waals surface area contributed by atoms with Crippen molar-refractivity contribution in [2.45, 2.75) is 31.7 Å². The average molecular weight is 363 g/mol. The number of carbonyl (C=O) groups is 1. The number of rotatable bonds is 6. The summed E-state index contributed by atoms with van der Waals surface area (Å²) in [6.45, 7) is 2.09. The summed E-state index contributed by atoms with van der Waals surface area (Å²) in [5, 5.41) is 24.0. The molecule has 142 valence electrons. The van der Waals surface area contributed by atoms with Gasteiger partial charge in [0.25, 0.3) is 11.6 Å². The van der Waals surface area contributed by atoms with Gasteiger partial charge in [-0.1, -0.05) is 6.42 Å². The zero-order valence-corrected chi connectivity index (χ0v) is 14.7. The minimum absolute atomic E-state index is 0.0845. The molecular formula is C18H25N3O5. The Labute approximate surface area is 152 Å². The predicted molar refractivity (Wildman–Crippen MR) is 96.3 cm³/mol. The number of ether oxygens (including phenoxy) is 1. The monoisotopic (exact) mass is 363 g/mol. The number of nitro groups is 1. The Kier molecular flexibility index (Phi) is 6.05. The van der Waals surface area contributed by atoms with Gasteiger partial charge in [0.05, 0.1) is 18.1 Å². The minimum Gasteiger partial charge on any atom is -0.396 e. The van der Waals surface area contributed by atoms with E-state index in [1.165, 1.54) is 6.07 Å². The molecule has 1 heterocycles. The van der Waals surface area contributed by atoms with Gasteiger partial charge in [0.15, 0.2) is 0 Å². The number of benzene rings is 1. The van der Waals surface area contributed by atoms with Crippen LogP contribution in [0.15, 0.2) is 18.2 Å². The highest BCUT2D eigenvalue weighted by Gasteiger charge is 2.29. The molecular weight excluding hydrogens is 338 g/mol. The number of hydrogen-bond donors (Lipinski definition) is 2. The second kappa shape index (κ2) is 8.46. The van der Waals surface area contributed by atoms with Gasteiger partial charge in [-0.05, 0) is 37.3 Å². The minimum atomic E-state index is -0.450. The fraction of sp³-hybridized carbons (Fsp3) is 0.611. The molecule has 2 atom stereocenters. The van der Waals surface area contributed by atoms with Crippen molar-refractivity contribution in [3.8, 4) is 0 Å². The summed E-state index contributed by atoms with van der Waals surface area (Å²) in [4.78, 5) is 25.3. The number of nitrogens with zero attached hydrogens (tertiary/aromatic N) is 2. The molecule has 1 amide bonds. The van der Waals surface area contributed by atoms with Crippen molar-refractivity contribution >= 4 is 17.3 Å². The van der Waals surface area contributed by atoms with E-state index in [-0.39, 0.29) is 24.2 Å². The molecule has 0 radical (unpaired) electrons. The molecule has 2 unspecified atom stereocenters. The Morgan fingerprint density at radius 3 is 2.81 bits per heavy atom. The highest BCUT2D eigenvalue weighted by atomic mass is 16.6. The van der Waals surface area contributed by atoms with Gasteiger partial charge in [-0.15, -0.1) is 0 Å². The molecule has 0 spiro atoms. The maximum atomic E-state index is 12.6. The Hall–Kier alpha value is -2.19. The molecule has 1 saturated heterocycles. The highest BCUT2D eigenvalue weighted by Crippen LogP contribution is 2.34. The molecule has 26 heavy (non-hydrogen) atoms. The summed E-state index contributed by atoms with van der Waals surface area (Å²) in [5.74, 6) is 0.108. The van der Waals surface area contributed by atoms with Crippen molar-refractivity contribution in [2.24, 2.45) is 5.92 Å². The topological polar surface area (TPSA) is 105 Å². The van der Waals surface area contributed by atoms with Crippen molar-refractivity contribution in [1.82, 2.24) is 4.90 Å². The number of amides is 1. The van der Waals surface area contributed by atoms with E-state index in [0.29, 0.717) is 49.9 Å². The molecule has 2 fully saturated rings.